The Morgan fingerprint density at radius 1 is 0.897 bits per heavy atom. The van der Waals surface area contributed by atoms with Crippen LogP contribution in [0.2, 0.25) is 0 Å². The number of anilines is 1. The molecule has 0 aliphatic rings. The molecule has 0 aromatic heterocycles. The quantitative estimate of drug-likeness (QED) is 0.467. The smallest absolute Gasteiger partial charge is 0.362 e. The van der Waals surface area contributed by atoms with E-state index in [0.29, 0.717) is 28.3 Å². The first-order valence-corrected chi connectivity index (χ1v) is 8.80. The van der Waals surface area contributed by atoms with Gasteiger partial charge in [-0.15, -0.1) is 10.2 Å². The van der Waals surface area contributed by atoms with Gasteiger partial charge in [0.2, 0.25) is 0 Å². The Hall–Kier alpha value is -4.00. The predicted octanol–water partition coefficient (Wildman–Crippen LogP) is 5.11. The summed E-state index contributed by atoms with van der Waals surface area (Å²) in [4.78, 5) is 29.2. The molecule has 0 fully saturated rings. The number of nitrogens with one attached hydrogen (secondary N) is 1. The maximum absolute atomic E-state index is 12.1. The fraction of sp³-hybridized carbons (Fsp3) is 0.0909. The average Bonchev–Trinajstić information content (AvgIpc) is 2.77. The molecule has 7 heteroatoms. The first-order chi connectivity index (χ1) is 14.1. The monoisotopic (exact) mass is 389 g/mol. The van der Waals surface area contributed by atoms with Gasteiger partial charge in [0.05, 0.1) is 24.0 Å². The zero-order valence-electron chi connectivity index (χ0n) is 16.0. The topological polar surface area (TPSA) is 89.3 Å². The Labute approximate surface area is 168 Å². The Balaban J connectivity index is 1.56. The number of ether oxygens (including phenoxy) is 1. The van der Waals surface area contributed by atoms with Crippen LogP contribution in [-0.2, 0) is 4.84 Å². The van der Waals surface area contributed by atoms with Crippen LogP contribution in [0.1, 0.15) is 26.3 Å². The van der Waals surface area contributed by atoms with Crippen molar-refractivity contribution in [2.24, 2.45) is 10.2 Å². The van der Waals surface area contributed by atoms with Crippen molar-refractivity contribution in [1.29, 1.82) is 0 Å². The molecule has 0 unspecified atom stereocenters. The molecular weight excluding hydrogens is 370 g/mol. The molecule has 0 heterocycles. The second-order valence-corrected chi connectivity index (χ2v) is 6.09. The first-order valence-electron chi connectivity index (χ1n) is 8.80. The minimum Gasteiger partial charge on any atom is -0.497 e. The molecule has 0 radical (unpaired) electrons. The van der Waals surface area contributed by atoms with E-state index in [4.69, 9.17) is 9.57 Å². The molecule has 146 valence electrons. The molecule has 7 nitrogen and oxygen atoms in total. The summed E-state index contributed by atoms with van der Waals surface area (Å²) in [5, 5.41) is 7.71. The molecule has 3 aromatic carbocycles. The van der Waals surface area contributed by atoms with E-state index >= 15 is 0 Å². The Kier molecular flexibility index (Phi) is 6.32. The Morgan fingerprint density at radius 3 is 2.24 bits per heavy atom. The van der Waals surface area contributed by atoms with Gasteiger partial charge in [0, 0.05) is 5.56 Å². The largest absolute Gasteiger partial charge is 0.497 e. The molecule has 29 heavy (non-hydrogen) atoms. The molecule has 0 saturated carbocycles. The fourth-order valence-electron chi connectivity index (χ4n) is 2.46. The van der Waals surface area contributed by atoms with E-state index in [1.807, 2.05) is 19.1 Å². The van der Waals surface area contributed by atoms with Gasteiger partial charge >= 0.3 is 5.97 Å². The number of hydrogen-bond acceptors (Lipinski definition) is 6. The van der Waals surface area contributed by atoms with Crippen molar-refractivity contribution in [3.8, 4) is 5.75 Å². The van der Waals surface area contributed by atoms with Crippen LogP contribution in [0.15, 0.2) is 83.0 Å². The molecule has 0 aliphatic carbocycles. The van der Waals surface area contributed by atoms with Gasteiger partial charge in [0.25, 0.3) is 5.91 Å². The van der Waals surface area contributed by atoms with Crippen LogP contribution in [0.25, 0.3) is 0 Å². The van der Waals surface area contributed by atoms with Gasteiger partial charge in [-0.25, -0.2) is 10.3 Å². The Bertz CT molecular complexity index is 1030. The maximum atomic E-state index is 12.1. The molecule has 0 aliphatic heterocycles. The second-order valence-electron chi connectivity index (χ2n) is 6.09. The standard InChI is InChI=1S/C22H19N3O4/c1-15-5-3-4-6-20(15)21(26)24-23-17-9-11-18(12-10-17)25-29-22(27)16-7-13-19(28-2)14-8-16/h3-14,25H,1-2H3. The molecule has 1 amide bonds. The van der Waals surface area contributed by atoms with E-state index in [1.165, 1.54) is 0 Å². The number of benzene rings is 3. The number of carbonyl (C=O) groups is 2. The lowest BCUT2D eigenvalue weighted by Gasteiger charge is -2.07. The van der Waals surface area contributed by atoms with Crippen molar-refractivity contribution >= 4 is 23.3 Å². The van der Waals surface area contributed by atoms with Gasteiger partial charge in [-0.1, -0.05) is 18.2 Å². The third-order valence-corrected chi connectivity index (χ3v) is 4.09. The highest BCUT2D eigenvalue weighted by atomic mass is 16.7. The van der Waals surface area contributed by atoms with Crippen molar-refractivity contribution in [3.63, 3.8) is 0 Å². The summed E-state index contributed by atoms with van der Waals surface area (Å²) in [6.45, 7) is 1.84. The third kappa shape index (κ3) is 5.26. The van der Waals surface area contributed by atoms with Gasteiger partial charge in [-0.2, -0.15) is 0 Å². The highest BCUT2D eigenvalue weighted by Crippen LogP contribution is 2.18. The van der Waals surface area contributed by atoms with Crippen molar-refractivity contribution < 1.29 is 19.2 Å². The van der Waals surface area contributed by atoms with Crippen LogP contribution in [0.3, 0.4) is 0 Å². The number of carbonyl (C=O) groups excluding carboxylic acids is 2. The van der Waals surface area contributed by atoms with Crippen LogP contribution < -0.4 is 10.2 Å². The predicted molar refractivity (Wildman–Crippen MR) is 108 cm³/mol. The lowest BCUT2D eigenvalue weighted by molar-refractivity contribution is 0.0596. The number of amides is 1. The summed E-state index contributed by atoms with van der Waals surface area (Å²) in [5.74, 6) is -0.279. The van der Waals surface area contributed by atoms with E-state index in [0.717, 1.165) is 5.56 Å². The molecule has 0 spiro atoms. The molecule has 3 aromatic rings. The number of aryl methyl sites for hydroxylation is 1. The molecule has 1 N–H and O–H groups in total. The lowest BCUT2D eigenvalue weighted by Crippen LogP contribution is -2.10. The van der Waals surface area contributed by atoms with Gasteiger partial charge in [-0.3, -0.25) is 4.79 Å². The van der Waals surface area contributed by atoms with E-state index in [2.05, 4.69) is 15.7 Å². The number of azo groups is 1. The van der Waals surface area contributed by atoms with Gasteiger partial charge in [0.1, 0.15) is 5.75 Å². The van der Waals surface area contributed by atoms with Crippen molar-refractivity contribution in [1.82, 2.24) is 0 Å². The zero-order valence-corrected chi connectivity index (χ0v) is 16.0. The van der Waals surface area contributed by atoms with Crippen LogP contribution >= 0.6 is 0 Å². The Morgan fingerprint density at radius 2 is 1.59 bits per heavy atom. The number of hydrogen-bond donors (Lipinski definition) is 1. The van der Waals surface area contributed by atoms with Gasteiger partial charge in [0.15, 0.2) is 0 Å². The first kappa shape index (κ1) is 19.8. The summed E-state index contributed by atoms with van der Waals surface area (Å²) in [6, 6.07) is 20.4. The normalized spacial score (nSPS) is 10.6. The number of rotatable bonds is 6. The zero-order chi connectivity index (χ0) is 20.6. The van der Waals surface area contributed by atoms with Crippen molar-refractivity contribution in [3.05, 3.63) is 89.5 Å². The van der Waals surface area contributed by atoms with Crippen LogP contribution in [0, 0.1) is 6.92 Å². The van der Waals surface area contributed by atoms with Crippen molar-refractivity contribution in [2.45, 2.75) is 6.92 Å². The summed E-state index contributed by atoms with van der Waals surface area (Å²) in [7, 11) is 1.55. The molecule has 3 rings (SSSR count). The summed E-state index contributed by atoms with van der Waals surface area (Å²) in [6.07, 6.45) is 0. The van der Waals surface area contributed by atoms with Gasteiger partial charge in [-0.05, 0) is 67.1 Å². The minimum absolute atomic E-state index is 0.387. The fourth-order valence-corrected chi connectivity index (χ4v) is 2.46. The highest BCUT2D eigenvalue weighted by molar-refractivity contribution is 5.96. The van der Waals surface area contributed by atoms with E-state index in [-0.39, 0.29) is 0 Å². The molecule has 0 bridgehead atoms. The summed E-state index contributed by atoms with van der Waals surface area (Å²) >= 11 is 0. The number of methoxy groups -OCH3 is 1. The average molecular weight is 389 g/mol. The van der Waals surface area contributed by atoms with Crippen LogP contribution in [0.5, 0.6) is 5.75 Å². The minimum atomic E-state index is -0.528. The number of nitrogens with zero attached hydrogens (tertiary/aromatic N) is 2. The highest BCUT2D eigenvalue weighted by Gasteiger charge is 2.08. The van der Waals surface area contributed by atoms with E-state index in [1.54, 1.807) is 67.8 Å². The maximum Gasteiger partial charge on any atom is 0.362 e. The van der Waals surface area contributed by atoms with Crippen LogP contribution in [0.4, 0.5) is 11.4 Å². The molecule has 0 saturated heterocycles. The summed E-state index contributed by atoms with van der Waals surface area (Å²) < 4.78 is 5.05. The molecular formula is C22H19N3O4. The second kappa shape index (κ2) is 9.27. The molecule has 0 atom stereocenters. The van der Waals surface area contributed by atoms with Crippen LogP contribution in [-0.4, -0.2) is 19.0 Å². The lowest BCUT2D eigenvalue weighted by atomic mass is 10.1. The van der Waals surface area contributed by atoms with E-state index in [9.17, 15) is 9.59 Å². The SMILES string of the molecule is COc1ccc(C(=O)ONc2ccc(N=NC(=O)c3ccccc3C)cc2)cc1. The van der Waals surface area contributed by atoms with Crippen molar-refractivity contribution in [2.75, 3.05) is 12.6 Å². The third-order valence-electron chi connectivity index (χ3n) is 4.09. The summed E-state index contributed by atoms with van der Waals surface area (Å²) in [5.41, 5.74) is 5.37. The van der Waals surface area contributed by atoms with Gasteiger partial charge < -0.3 is 9.57 Å². The van der Waals surface area contributed by atoms with E-state index < -0.39 is 11.9 Å².